The zero-order chi connectivity index (χ0) is 18.4. The van der Waals surface area contributed by atoms with E-state index >= 15 is 0 Å². The molecule has 2 aromatic rings. The van der Waals surface area contributed by atoms with Gasteiger partial charge in [-0.25, -0.2) is 4.98 Å². The molecule has 1 aromatic heterocycles. The Balaban J connectivity index is 0.00000261. The number of piperidine rings is 1. The highest BCUT2D eigenvalue weighted by Crippen LogP contribution is 2.17. The molecular weight excluding hydrogens is 469 g/mol. The average molecular weight is 499 g/mol. The molecule has 7 heteroatoms. The Bertz CT molecular complexity index is 731. The molecule has 0 spiro atoms. The first-order chi connectivity index (χ1) is 12.6. The summed E-state index contributed by atoms with van der Waals surface area (Å²) in [5.41, 5.74) is 2.49. The van der Waals surface area contributed by atoms with Crippen LogP contribution in [0.15, 0.2) is 35.3 Å². The van der Waals surface area contributed by atoms with Gasteiger partial charge >= 0.3 is 0 Å². The third-order valence-corrected chi connectivity index (χ3v) is 5.81. The van der Waals surface area contributed by atoms with E-state index in [1.54, 1.807) is 11.3 Å². The fourth-order valence-corrected chi connectivity index (χ4v) is 4.32. The lowest BCUT2D eigenvalue weighted by Gasteiger charge is -2.34. The van der Waals surface area contributed by atoms with Crippen molar-refractivity contribution in [1.29, 1.82) is 0 Å². The summed E-state index contributed by atoms with van der Waals surface area (Å²) in [5.74, 6) is 0.877. The summed E-state index contributed by atoms with van der Waals surface area (Å²) in [7, 11) is 1.84. The van der Waals surface area contributed by atoms with Crippen molar-refractivity contribution in [2.24, 2.45) is 4.99 Å². The second-order valence-electron chi connectivity index (χ2n) is 6.87. The Morgan fingerprint density at radius 1 is 1.30 bits per heavy atom. The molecule has 1 aliphatic heterocycles. The van der Waals surface area contributed by atoms with E-state index in [4.69, 9.17) is 0 Å². The molecule has 1 fully saturated rings. The van der Waals surface area contributed by atoms with Crippen LogP contribution < -0.4 is 10.6 Å². The fraction of sp³-hybridized carbons (Fsp3) is 0.500. The highest BCUT2D eigenvalue weighted by Gasteiger charge is 2.20. The first kappa shape index (κ1) is 22.1. The molecule has 3 rings (SSSR count). The van der Waals surface area contributed by atoms with Crippen molar-refractivity contribution in [3.63, 3.8) is 0 Å². The van der Waals surface area contributed by atoms with Gasteiger partial charge in [0.2, 0.25) is 0 Å². The van der Waals surface area contributed by atoms with Gasteiger partial charge in [0.05, 0.1) is 17.2 Å². The van der Waals surface area contributed by atoms with Crippen molar-refractivity contribution in [1.82, 2.24) is 20.5 Å². The number of hydrogen-bond donors (Lipinski definition) is 2. The summed E-state index contributed by atoms with van der Waals surface area (Å²) in [5, 5.41) is 8.16. The summed E-state index contributed by atoms with van der Waals surface area (Å²) in [6, 6.07) is 11.1. The van der Waals surface area contributed by atoms with Gasteiger partial charge in [0, 0.05) is 31.1 Å². The van der Waals surface area contributed by atoms with Crippen LogP contribution >= 0.6 is 35.3 Å². The maximum Gasteiger partial charge on any atom is 0.191 e. The van der Waals surface area contributed by atoms with Crippen molar-refractivity contribution in [3.05, 3.63) is 51.5 Å². The maximum atomic E-state index is 4.49. The van der Waals surface area contributed by atoms with E-state index in [9.17, 15) is 0 Å². The number of rotatable bonds is 5. The van der Waals surface area contributed by atoms with Gasteiger partial charge in [0.1, 0.15) is 0 Å². The molecule has 5 nitrogen and oxygen atoms in total. The van der Waals surface area contributed by atoms with Crippen LogP contribution in [0.2, 0.25) is 0 Å². The van der Waals surface area contributed by atoms with Crippen molar-refractivity contribution in [3.8, 4) is 0 Å². The molecule has 0 amide bonds. The summed E-state index contributed by atoms with van der Waals surface area (Å²) in [6.45, 7) is 8.13. The monoisotopic (exact) mass is 499 g/mol. The van der Waals surface area contributed by atoms with E-state index in [0.717, 1.165) is 36.3 Å². The van der Waals surface area contributed by atoms with Gasteiger partial charge in [-0.1, -0.05) is 30.3 Å². The van der Waals surface area contributed by atoms with Crippen molar-refractivity contribution in [2.45, 2.75) is 45.8 Å². The average Bonchev–Trinajstić information content (AvgIpc) is 2.97. The number of hydrogen-bond acceptors (Lipinski definition) is 4. The van der Waals surface area contributed by atoms with Crippen molar-refractivity contribution >= 4 is 41.3 Å². The number of thiazole rings is 1. The molecular formula is C20H30IN5S. The van der Waals surface area contributed by atoms with Crippen molar-refractivity contribution in [2.75, 3.05) is 20.1 Å². The largest absolute Gasteiger partial charge is 0.352 e. The molecule has 1 unspecified atom stereocenters. The second kappa shape index (κ2) is 11.0. The quantitative estimate of drug-likeness (QED) is 0.374. The van der Waals surface area contributed by atoms with Crippen LogP contribution in [0.5, 0.6) is 0 Å². The Kier molecular flexibility index (Phi) is 8.98. The predicted molar refractivity (Wildman–Crippen MR) is 125 cm³/mol. The van der Waals surface area contributed by atoms with Gasteiger partial charge in [-0.15, -0.1) is 35.3 Å². The van der Waals surface area contributed by atoms with E-state index < -0.39 is 0 Å². The lowest BCUT2D eigenvalue weighted by molar-refractivity contribution is 0.192. The number of aromatic nitrogens is 1. The minimum Gasteiger partial charge on any atom is -0.352 e. The van der Waals surface area contributed by atoms with Crippen molar-refractivity contribution < 1.29 is 0 Å². The molecule has 1 aliphatic rings. The SMILES string of the molecule is CN=C(NCc1sc(C)nc1C)NC1CCCN(Cc2ccccc2)C1.I. The number of nitrogens with zero attached hydrogens (tertiary/aromatic N) is 3. The molecule has 0 aliphatic carbocycles. The first-order valence-corrected chi connectivity index (χ1v) is 10.1. The summed E-state index contributed by atoms with van der Waals surface area (Å²) < 4.78 is 0. The number of halogens is 1. The summed E-state index contributed by atoms with van der Waals surface area (Å²) >= 11 is 1.75. The molecule has 27 heavy (non-hydrogen) atoms. The number of aryl methyl sites for hydroxylation is 2. The Morgan fingerprint density at radius 2 is 2.07 bits per heavy atom. The topological polar surface area (TPSA) is 52.6 Å². The first-order valence-electron chi connectivity index (χ1n) is 9.30. The number of benzene rings is 1. The van der Waals surface area contributed by atoms with Gasteiger partial charge in [-0.3, -0.25) is 9.89 Å². The van der Waals surface area contributed by atoms with Crippen LogP contribution in [-0.4, -0.2) is 42.0 Å². The summed E-state index contributed by atoms with van der Waals surface area (Å²) in [4.78, 5) is 12.7. The Hall–Kier alpha value is -1.19. The van der Waals surface area contributed by atoms with Gasteiger partial charge in [0.25, 0.3) is 0 Å². The highest BCUT2D eigenvalue weighted by molar-refractivity contribution is 14.0. The van der Waals surface area contributed by atoms with E-state index in [-0.39, 0.29) is 24.0 Å². The molecule has 148 valence electrons. The van der Waals surface area contributed by atoms with Gasteiger partial charge in [-0.2, -0.15) is 0 Å². The standard InChI is InChI=1S/C20H29N5S.HI/c1-15-19(26-16(2)23-15)12-22-20(21-3)24-18-10-7-11-25(14-18)13-17-8-5-4-6-9-17;/h4-6,8-9,18H,7,10-14H2,1-3H3,(H2,21,22,24);1H. The lowest BCUT2D eigenvalue weighted by Crippen LogP contribution is -2.50. The Morgan fingerprint density at radius 3 is 2.74 bits per heavy atom. The molecule has 1 saturated heterocycles. The van der Waals surface area contributed by atoms with Crippen LogP contribution in [0.25, 0.3) is 0 Å². The zero-order valence-corrected chi connectivity index (χ0v) is 19.5. The minimum absolute atomic E-state index is 0. The second-order valence-corrected chi connectivity index (χ2v) is 8.16. The Labute approximate surface area is 183 Å². The van der Waals surface area contributed by atoms with E-state index in [1.807, 2.05) is 7.05 Å². The molecule has 2 heterocycles. The molecule has 0 saturated carbocycles. The number of likely N-dealkylation sites (tertiary alicyclic amines) is 1. The van der Waals surface area contributed by atoms with Crippen LogP contribution in [-0.2, 0) is 13.1 Å². The highest BCUT2D eigenvalue weighted by atomic mass is 127. The normalized spacial score (nSPS) is 18.0. The summed E-state index contributed by atoms with van der Waals surface area (Å²) in [6.07, 6.45) is 2.40. The van der Waals surface area contributed by atoms with Gasteiger partial charge in [0.15, 0.2) is 5.96 Å². The van der Waals surface area contributed by atoms with Crippen LogP contribution in [0.1, 0.15) is 34.0 Å². The van der Waals surface area contributed by atoms with E-state index in [0.29, 0.717) is 6.04 Å². The molecule has 1 aromatic carbocycles. The molecule has 2 N–H and O–H groups in total. The smallest absolute Gasteiger partial charge is 0.191 e. The molecule has 0 bridgehead atoms. The zero-order valence-electron chi connectivity index (χ0n) is 16.4. The van der Waals surface area contributed by atoms with E-state index in [2.05, 4.69) is 69.7 Å². The predicted octanol–water partition coefficient (Wildman–Crippen LogP) is 3.71. The molecule has 0 radical (unpaired) electrons. The van der Waals surface area contributed by atoms with Crippen LogP contribution in [0.4, 0.5) is 0 Å². The fourth-order valence-electron chi connectivity index (χ4n) is 3.45. The van der Waals surface area contributed by atoms with Gasteiger partial charge < -0.3 is 10.6 Å². The maximum absolute atomic E-state index is 4.49. The number of aliphatic imine (C=N–C) groups is 1. The van der Waals surface area contributed by atoms with E-state index in [1.165, 1.54) is 29.8 Å². The third-order valence-electron chi connectivity index (χ3n) is 4.73. The van der Waals surface area contributed by atoms with Crippen LogP contribution in [0.3, 0.4) is 0 Å². The lowest BCUT2D eigenvalue weighted by atomic mass is 10.0. The van der Waals surface area contributed by atoms with Gasteiger partial charge in [-0.05, 0) is 38.8 Å². The minimum atomic E-state index is 0. The third kappa shape index (κ3) is 6.73. The van der Waals surface area contributed by atoms with Crippen LogP contribution in [0, 0.1) is 13.8 Å². The number of nitrogens with one attached hydrogen (secondary N) is 2. The number of guanidine groups is 1. The molecule has 1 atom stereocenters.